The second kappa shape index (κ2) is 6.51. The van der Waals surface area contributed by atoms with Gasteiger partial charge < -0.3 is 9.47 Å². The van der Waals surface area contributed by atoms with Gasteiger partial charge in [0.25, 0.3) is 5.56 Å². The molecular formula is C18H22N2O3S. The number of amides is 1. The molecular weight excluding hydrogens is 324 g/mol. The minimum absolute atomic E-state index is 0.0565. The standard InChI is InChI=1S/C18H22N2O3S/c1-11-16(12(2)21)17-15(6-9-24-17)20(18(11)23)10-14-4-7-19(8-5-14)13(3)22/h6,9,14H,4-5,7-8,10H2,1-3H3. The zero-order valence-corrected chi connectivity index (χ0v) is 15.1. The second-order valence-electron chi connectivity index (χ2n) is 6.56. The van der Waals surface area contributed by atoms with Gasteiger partial charge in [0.05, 0.1) is 10.2 Å². The summed E-state index contributed by atoms with van der Waals surface area (Å²) in [5, 5.41) is 1.94. The average Bonchev–Trinajstić information content (AvgIpc) is 3.00. The Bertz CT molecular complexity index is 857. The molecule has 1 saturated heterocycles. The Morgan fingerprint density at radius 1 is 1.25 bits per heavy atom. The highest BCUT2D eigenvalue weighted by Crippen LogP contribution is 2.28. The normalized spacial score (nSPS) is 15.9. The van der Waals surface area contributed by atoms with E-state index < -0.39 is 0 Å². The predicted molar refractivity (Wildman–Crippen MR) is 95.8 cm³/mol. The van der Waals surface area contributed by atoms with E-state index in [0.29, 0.717) is 23.6 Å². The van der Waals surface area contributed by atoms with Gasteiger partial charge in [-0.3, -0.25) is 14.4 Å². The van der Waals surface area contributed by atoms with Crippen molar-refractivity contribution in [1.82, 2.24) is 9.47 Å². The third-order valence-electron chi connectivity index (χ3n) is 4.96. The fourth-order valence-corrected chi connectivity index (χ4v) is 4.63. The quantitative estimate of drug-likeness (QED) is 0.803. The van der Waals surface area contributed by atoms with Crippen molar-refractivity contribution >= 4 is 33.2 Å². The zero-order valence-electron chi connectivity index (χ0n) is 14.3. The van der Waals surface area contributed by atoms with Crippen LogP contribution in [0.25, 0.3) is 10.2 Å². The van der Waals surface area contributed by atoms with Gasteiger partial charge in [-0.15, -0.1) is 11.3 Å². The summed E-state index contributed by atoms with van der Waals surface area (Å²) in [5.74, 6) is 0.440. The largest absolute Gasteiger partial charge is 0.343 e. The molecule has 0 N–H and O–H groups in total. The van der Waals surface area contributed by atoms with Crippen molar-refractivity contribution < 1.29 is 9.59 Å². The topological polar surface area (TPSA) is 59.4 Å². The van der Waals surface area contributed by atoms with E-state index in [-0.39, 0.29) is 17.2 Å². The van der Waals surface area contributed by atoms with E-state index in [4.69, 9.17) is 0 Å². The number of carbonyl (C=O) groups excluding carboxylic acids is 2. The van der Waals surface area contributed by atoms with Crippen LogP contribution in [-0.4, -0.2) is 34.2 Å². The van der Waals surface area contributed by atoms with Crippen molar-refractivity contribution in [3.05, 3.63) is 32.9 Å². The number of Topliss-reactive ketones (excluding diaryl/α,β-unsaturated/α-hetero) is 1. The van der Waals surface area contributed by atoms with Crippen LogP contribution < -0.4 is 5.56 Å². The fraction of sp³-hybridized carbons (Fsp3) is 0.500. The maximum absolute atomic E-state index is 12.8. The molecule has 0 spiro atoms. The van der Waals surface area contributed by atoms with Crippen molar-refractivity contribution in [2.45, 2.75) is 40.2 Å². The lowest BCUT2D eigenvalue weighted by Gasteiger charge is -2.31. The van der Waals surface area contributed by atoms with Gasteiger partial charge in [0, 0.05) is 37.7 Å². The van der Waals surface area contributed by atoms with Crippen LogP contribution in [-0.2, 0) is 11.3 Å². The summed E-state index contributed by atoms with van der Waals surface area (Å²) >= 11 is 1.51. The Labute approximate surface area is 144 Å². The van der Waals surface area contributed by atoms with Crippen molar-refractivity contribution in [3.8, 4) is 0 Å². The number of hydrogen-bond donors (Lipinski definition) is 0. The van der Waals surface area contributed by atoms with Crippen LogP contribution in [0.2, 0.25) is 0 Å². The van der Waals surface area contributed by atoms with Gasteiger partial charge >= 0.3 is 0 Å². The summed E-state index contributed by atoms with van der Waals surface area (Å²) in [4.78, 5) is 38.1. The molecule has 0 atom stereocenters. The maximum atomic E-state index is 12.8. The number of thiophene rings is 1. The molecule has 0 aliphatic carbocycles. The van der Waals surface area contributed by atoms with Crippen LogP contribution in [0.4, 0.5) is 0 Å². The second-order valence-corrected chi connectivity index (χ2v) is 7.47. The number of aromatic nitrogens is 1. The Hall–Kier alpha value is -1.95. The molecule has 1 fully saturated rings. The number of piperidine rings is 1. The first kappa shape index (κ1) is 16.9. The third-order valence-corrected chi connectivity index (χ3v) is 5.88. The molecule has 128 valence electrons. The van der Waals surface area contributed by atoms with Gasteiger partial charge in [0.2, 0.25) is 5.91 Å². The highest BCUT2D eigenvalue weighted by Gasteiger charge is 2.24. The van der Waals surface area contributed by atoms with Gasteiger partial charge in [0.15, 0.2) is 5.78 Å². The van der Waals surface area contributed by atoms with Crippen LogP contribution in [0.15, 0.2) is 16.2 Å². The maximum Gasteiger partial charge on any atom is 0.254 e. The summed E-state index contributed by atoms with van der Waals surface area (Å²) < 4.78 is 2.72. The third kappa shape index (κ3) is 2.90. The molecule has 0 aromatic carbocycles. The van der Waals surface area contributed by atoms with Crippen molar-refractivity contribution in [2.24, 2.45) is 5.92 Å². The molecule has 3 rings (SSSR count). The minimum atomic E-state index is -0.0694. The molecule has 1 aliphatic heterocycles. The lowest BCUT2D eigenvalue weighted by atomic mass is 9.96. The fourth-order valence-electron chi connectivity index (χ4n) is 3.58. The molecule has 0 saturated carbocycles. The van der Waals surface area contributed by atoms with E-state index in [9.17, 15) is 14.4 Å². The van der Waals surface area contributed by atoms with Crippen LogP contribution >= 0.6 is 11.3 Å². The minimum Gasteiger partial charge on any atom is -0.343 e. The summed E-state index contributed by atoms with van der Waals surface area (Å²) in [6, 6.07) is 1.93. The number of ketones is 1. The van der Waals surface area contributed by atoms with Crippen molar-refractivity contribution in [2.75, 3.05) is 13.1 Å². The summed E-state index contributed by atoms with van der Waals surface area (Å²) in [5.41, 5.74) is 1.89. The molecule has 0 radical (unpaired) electrons. The molecule has 2 aromatic rings. The van der Waals surface area contributed by atoms with Gasteiger partial charge in [-0.05, 0) is 44.1 Å². The smallest absolute Gasteiger partial charge is 0.254 e. The van der Waals surface area contributed by atoms with Gasteiger partial charge in [0.1, 0.15) is 0 Å². The Morgan fingerprint density at radius 3 is 2.50 bits per heavy atom. The summed E-state index contributed by atoms with van der Waals surface area (Å²) in [6.07, 6.45) is 1.82. The van der Waals surface area contributed by atoms with Gasteiger partial charge in [-0.25, -0.2) is 0 Å². The van der Waals surface area contributed by atoms with E-state index in [1.54, 1.807) is 13.8 Å². The molecule has 0 bridgehead atoms. The summed E-state index contributed by atoms with van der Waals surface area (Å²) in [7, 11) is 0. The number of hydrogen-bond acceptors (Lipinski definition) is 4. The number of likely N-dealkylation sites (tertiary alicyclic amines) is 1. The first-order valence-electron chi connectivity index (χ1n) is 8.27. The van der Waals surface area contributed by atoms with E-state index in [1.165, 1.54) is 18.3 Å². The van der Waals surface area contributed by atoms with E-state index in [0.717, 1.165) is 36.1 Å². The molecule has 1 aliphatic rings. The van der Waals surface area contributed by atoms with Crippen LogP contribution in [0, 0.1) is 12.8 Å². The molecule has 6 heteroatoms. The van der Waals surface area contributed by atoms with Crippen LogP contribution in [0.1, 0.15) is 42.6 Å². The van der Waals surface area contributed by atoms with Crippen LogP contribution in [0.3, 0.4) is 0 Å². The lowest BCUT2D eigenvalue weighted by Crippen LogP contribution is -2.39. The van der Waals surface area contributed by atoms with Crippen LogP contribution in [0.5, 0.6) is 0 Å². The van der Waals surface area contributed by atoms with Gasteiger partial charge in [-0.2, -0.15) is 0 Å². The predicted octanol–water partition coefficient (Wildman–Crippen LogP) is 2.83. The molecule has 5 nitrogen and oxygen atoms in total. The summed E-state index contributed by atoms with van der Waals surface area (Å²) in [6.45, 7) is 7.02. The number of rotatable bonds is 3. The van der Waals surface area contributed by atoms with E-state index >= 15 is 0 Å². The number of fused-ring (bicyclic) bond motifs is 1. The van der Waals surface area contributed by atoms with Gasteiger partial charge in [-0.1, -0.05) is 0 Å². The monoisotopic (exact) mass is 346 g/mol. The van der Waals surface area contributed by atoms with Crippen molar-refractivity contribution in [1.29, 1.82) is 0 Å². The Morgan fingerprint density at radius 2 is 1.92 bits per heavy atom. The van der Waals surface area contributed by atoms with E-state index in [1.807, 2.05) is 20.9 Å². The first-order valence-corrected chi connectivity index (χ1v) is 9.15. The average molecular weight is 346 g/mol. The Balaban J connectivity index is 1.94. The molecule has 3 heterocycles. The lowest BCUT2D eigenvalue weighted by molar-refractivity contribution is -0.130. The van der Waals surface area contributed by atoms with Crippen molar-refractivity contribution in [3.63, 3.8) is 0 Å². The SMILES string of the molecule is CC(=O)c1c(C)c(=O)n(CC2CCN(C(C)=O)CC2)c2ccsc12. The van der Waals surface area contributed by atoms with E-state index in [2.05, 4.69) is 0 Å². The highest BCUT2D eigenvalue weighted by molar-refractivity contribution is 7.17. The molecule has 1 amide bonds. The number of pyridine rings is 1. The molecule has 0 unspecified atom stereocenters. The molecule has 24 heavy (non-hydrogen) atoms. The molecule has 2 aromatic heterocycles. The first-order chi connectivity index (χ1) is 11.4. The zero-order chi connectivity index (χ0) is 17.4. The number of nitrogens with zero attached hydrogens (tertiary/aromatic N) is 2. The Kier molecular flexibility index (Phi) is 4.58. The number of carbonyl (C=O) groups is 2. The highest BCUT2D eigenvalue weighted by atomic mass is 32.1.